The second-order valence-electron chi connectivity index (χ2n) is 7.20. The number of fused-ring (bicyclic) bond motifs is 1. The van der Waals surface area contributed by atoms with Gasteiger partial charge in [0.05, 0.1) is 35.8 Å². The topological polar surface area (TPSA) is 56.6 Å². The smallest absolute Gasteiger partial charge is 0.229 e. The summed E-state index contributed by atoms with van der Waals surface area (Å²) in [6.45, 7) is 5.09. The van der Waals surface area contributed by atoms with E-state index in [1.165, 1.54) is 5.56 Å². The van der Waals surface area contributed by atoms with Gasteiger partial charge < -0.3 is 9.64 Å². The molecular weight excluding hydrogens is 382 g/mol. The molecule has 0 saturated carbocycles. The van der Waals surface area contributed by atoms with Crippen LogP contribution in [0.3, 0.4) is 0 Å². The third-order valence-corrected chi connectivity index (χ3v) is 6.41. The van der Waals surface area contributed by atoms with Gasteiger partial charge in [-0.1, -0.05) is 36.0 Å². The molecular formula is C23H23N3O2S. The first-order valence-electron chi connectivity index (χ1n) is 9.72. The van der Waals surface area contributed by atoms with Crippen molar-refractivity contribution >= 4 is 23.4 Å². The molecule has 0 radical (unpaired) electrons. The van der Waals surface area contributed by atoms with Gasteiger partial charge in [0.15, 0.2) is 0 Å². The predicted octanol–water partition coefficient (Wildman–Crippen LogP) is 4.61. The SMILES string of the molecule is CCOc1ccc([C@@H]2CC(=O)N3CN(c4cccc(C)c4)CSC3=C2C#N)cc1. The molecule has 2 aromatic carbocycles. The lowest BCUT2D eigenvalue weighted by Gasteiger charge is -2.42. The van der Waals surface area contributed by atoms with Crippen molar-refractivity contribution in [3.63, 3.8) is 0 Å². The van der Waals surface area contributed by atoms with Gasteiger partial charge in [-0.25, -0.2) is 0 Å². The van der Waals surface area contributed by atoms with Crippen LogP contribution in [0.2, 0.25) is 0 Å². The molecule has 0 bridgehead atoms. The standard InChI is InChI=1S/C23H23N3O2S/c1-3-28-19-9-7-17(8-10-19)20-12-22(27)26-14-25(15-29-23(26)21(20)13-24)18-6-4-5-16(2)11-18/h4-11,20H,3,12,14-15H2,1-2H3/t20-/m0/s1. The molecule has 2 aliphatic rings. The minimum absolute atomic E-state index is 0.0581. The largest absolute Gasteiger partial charge is 0.494 e. The highest BCUT2D eigenvalue weighted by Crippen LogP contribution is 2.43. The summed E-state index contributed by atoms with van der Waals surface area (Å²) in [7, 11) is 0. The van der Waals surface area contributed by atoms with Gasteiger partial charge in [-0.05, 0) is 49.2 Å². The summed E-state index contributed by atoms with van der Waals surface area (Å²) >= 11 is 1.57. The van der Waals surface area contributed by atoms with E-state index in [-0.39, 0.29) is 11.8 Å². The molecule has 0 aliphatic carbocycles. The molecule has 0 unspecified atom stereocenters. The molecule has 148 valence electrons. The van der Waals surface area contributed by atoms with Crippen molar-refractivity contribution in [2.45, 2.75) is 26.2 Å². The van der Waals surface area contributed by atoms with Crippen LogP contribution in [0.4, 0.5) is 5.69 Å². The Bertz CT molecular complexity index is 994. The van der Waals surface area contributed by atoms with Crippen LogP contribution >= 0.6 is 11.8 Å². The van der Waals surface area contributed by atoms with Crippen LogP contribution in [0.1, 0.15) is 30.4 Å². The zero-order valence-corrected chi connectivity index (χ0v) is 17.4. The number of carbonyl (C=O) groups excluding carboxylic acids is 1. The first kappa shape index (κ1) is 19.4. The molecule has 2 aromatic rings. The van der Waals surface area contributed by atoms with Crippen LogP contribution in [-0.2, 0) is 4.79 Å². The summed E-state index contributed by atoms with van der Waals surface area (Å²) in [5, 5.41) is 10.7. The molecule has 1 saturated heterocycles. The normalized spacial score (nSPS) is 19.1. The number of rotatable bonds is 4. The van der Waals surface area contributed by atoms with Crippen LogP contribution < -0.4 is 9.64 Å². The second-order valence-corrected chi connectivity index (χ2v) is 8.14. The minimum atomic E-state index is -0.201. The number of amides is 1. The molecule has 6 heteroatoms. The molecule has 29 heavy (non-hydrogen) atoms. The minimum Gasteiger partial charge on any atom is -0.494 e. The number of nitriles is 1. The number of anilines is 1. The Balaban J connectivity index is 1.62. The number of hydrogen-bond acceptors (Lipinski definition) is 5. The summed E-state index contributed by atoms with van der Waals surface area (Å²) < 4.78 is 5.51. The maximum Gasteiger partial charge on any atom is 0.229 e. The van der Waals surface area contributed by atoms with Crippen molar-refractivity contribution < 1.29 is 9.53 Å². The van der Waals surface area contributed by atoms with E-state index in [9.17, 15) is 10.1 Å². The van der Waals surface area contributed by atoms with Crippen LogP contribution in [0.25, 0.3) is 0 Å². The number of benzene rings is 2. The lowest BCUT2D eigenvalue weighted by atomic mass is 9.86. The number of carbonyl (C=O) groups is 1. The summed E-state index contributed by atoms with van der Waals surface area (Å²) in [5.41, 5.74) is 3.94. The average molecular weight is 406 g/mol. The van der Waals surface area contributed by atoms with E-state index < -0.39 is 0 Å². The fourth-order valence-electron chi connectivity index (χ4n) is 3.80. The Kier molecular flexibility index (Phi) is 5.50. The Labute approximate surface area is 175 Å². The molecule has 1 fully saturated rings. The van der Waals surface area contributed by atoms with Gasteiger partial charge in [0.2, 0.25) is 5.91 Å². The molecule has 2 aliphatic heterocycles. The van der Waals surface area contributed by atoms with Crippen molar-refractivity contribution in [3.05, 3.63) is 70.3 Å². The second kappa shape index (κ2) is 8.22. The van der Waals surface area contributed by atoms with Gasteiger partial charge in [-0.2, -0.15) is 5.26 Å². The highest BCUT2D eigenvalue weighted by Gasteiger charge is 2.38. The van der Waals surface area contributed by atoms with E-state index in [0.717, 1.165) is 22.0 Å². The van der Waals surface area contributed by atoms with Gasteiger partial charge in [-0.15, -0.1) is 0 Å². The predicted molar refractivity (Wildman–Crippen MR) is 115 cm³/mol. The van der Waals surface area contributed by atoms with Gasteiger partial charge in [0.25, 0.3) is 0 Å². The fraction of sp³-hybridized carbons (Fsp3) is 0.304. The molecule has 2 heterocycles. The van der Waals surface area contributed by atoms with Crippen molar-refractivity contribution in [3.8, 4) is 11.8 Å². The van der Waals surface area contributed by atoms with Gasteiger partial charge in [0, 0.05) is 18.0 Å². The van der Waals surface area contributed by atoms with E-state index in [1.54, 1.807) is 16.7 Å². The Morgan fingerprint density at radius 1 is 1.24 bits per heavy atom. The van der Waals surface area contributed by atoms with E-state index in [1.807, 2.05) is 37.3 Å². The molecule has 0 N–H and O–H groups in total. The molecule has 0 aromatic heterocycles. The summed E-state index contributed by atoms with van der Waals surface area (Å²) in [6.07, 6.45) is 0.308. The third-order valence-electron chi connectivity index (χ3n) is 5.25. The van der Waals surface area contributed by atoms with E-state index in [4.69, 9.17) is 4.74 Å². The van der Waals surface area contributed by atoms with E-state index in [2.05, 4.69) is 36.1 Å². The zero-order chi connectivity index (χ0) is 20.4. The van der Waals surface area contributed by atoms with E-state index in [0.29, 0.717) is 31.1 Å². The van der Waals surface area contributed by atoms with E-state index >= 15 is 0 Å². The third kappa shape index (κ3) is 3.83. The number of hydrogen-bond donors (Lipinski definition) is 0. The lowest BCUT2D eigenvalue weighted by Crippen LogP contribution is -2.47. The van der Waals surface area contributed by atoms with Crippen LogP contribution in [0.15, 0.2) is 59.1 Å². The van der Waals surface area contributed by atoms with Crippen LogP contribution in [0.5, 0.6) is 5.75 Å². The van der Waals surface area contributed by atoms with Crippen molar-refractivity contribution in [1.82, 2.24) is 4.90 Å². The Hall–Kier alpha value is -2.91. The number of allylic oxidation sites excluding steroid dienone is 1. The number of aryl methyl sites for hydroxylation is 1. The Morgan fingerprint density at radius 2 is 2.03 bits per heavy atom. The highest BCUT2D eigenvalue weighted by molar-refractivity contribution is 8.03. The van der Waals surface area contributed by atoms with Crippen molar-refractivity contribution in [2.24, 2.45) is 0 Å². The summed E-state index contributed by atoms with van der Waals surface area (Å²) in [6, 6.07) is 18.4. The molecule has 1 amide bonds. The lowest BCUT2D eigenvalue weighted by molar-refractivity contribution is -0.129. The molecule has 4 rings (SSSR count). The first-order valence-corrected chi connectivity index (χ1v) is 10.7. The monoisotopic (exact) mass is 405 g/mol. The van der Waals surface area contributed by atoms with Gasteiger partial charge in [-0.3, -0.25) is 9.69 Å². The quantitative estimate of drug-likeness (QED) is 0.743. The maximum atomic E-state index is 13.0. The summed E-state index contributed by atoms with van der Waals surface area (Å²) in [5.74, 6) is 1.37. The fourth-order valence-corrected chi connectivity index (χ4v) is 4.97. The number of ether oxygens (including phenoxy) is 1. The Morgan fingerprint density at radius 3 is 2.72 bits per heavy atom. The molecule has 1 atom stereocenters. The number of nitrogens with zero attached hydrogens (tertiary/aromatic N) is 3. The van der Waals surface area contributed by atoms with Crippen LogP contribution in [0, 0.1) is 18.3 Å². The molecule has 0 spiro atoms. The van der Waals surface area contributed by atoms with Gasteiger partial charge >= 0.3 is 0 Å². The van der Waals surface area contributed by atoms with Gasteiger partial charge in [0.1, 0.15) is 5.75 Å². The number of thioether (sulfide) groups is 1. The van der Waals surface area contributed by atoms with Crippen molar-refractivity contribution in [1.29, 1.82) is 5.26 Å². The zero-order valence-electron chi connectivity index (χ0n) is 16.6. The van der Waals surface area contributed by atoms with Crippen molar-refractivity contribution in [2.75, 3.05) is 24.1 Å². The maximum absolute atomic E-state index is 13.0. The molecule has 5 nitrogen and oxygen atoms in total. The summed E-state index contributed by atoms with van der Waals surface area (Å²) in [4.78, 5) is 16.9. The van der Waals surface area contributed by atoms with Crippen LogP contribution in [-0.4, -0.2) is 30.0 Å². The first-order chi connectivity index (χ1) is 14.1. The highest BCUT2D eigenvalue weighted by atomic mass is 32.2. The average Bonchev–Trinajstić information content (AvgIpc) is 2.74.